The number of fused-ring (bicyclic) bond motifs is 2. The zero-order chi connectivity index (χ0) is 32.1. The predicted octanol–water partition coefficient (Wildman–Crippen LogP) is 4.56. The summed E-state index contributed by atoms with van der Waals surface area (Å²) in [4.78, 5) is 41.2. The van der Waals surface area contributed by atoms with Crippen LogP contribution in [0.3, 0.4) is 0 Å². The van der Waals surface area contributed by atoms with E-state index in [4.69, 9.17) is 9.15 Å². The molecule has 3 N–H and O–H groups in total. The number of carbonyl (C=O) groups is 1. The molecule has 2 fully saturated rings. The summed E-state index contributed by atoms with van der Waals surface area (Å²) in [6, 6.07) is 14.6. The Labute approximate surface area is 260 Å². The summed E-state index contributed by atoms with van der Waals surface area (Å²) in [6.45, 7) is 2.79. The van der Waals surface area contributed by atoms with E-state index in [1.165, 1.54) is 18.3 Å². The quantitative estimate of drug-likeness (QED) is 0.209. The highest BCUT2D eigenvalue weighted by Crippen LogP contribution is 2.42. The molecule has 2 aromatic heterocycles. The molecule has 1 saturated heterocycles. The summed E-state index contributed by atoms with van der Waals surface area (Å²) < 4.78 is 28.8. The lowest BCUT2D eigenvalue weighted by atomic mass is 10.1. The summed E-state index contributed by atoms with van der Waals surface area (Å²) in [5, 5.41) is 30.5. The van der Waals surface area contributed by atoms with Crippen molar-refractivity contribution >= 4 is 33.5 Å². The van der Waals surface area contributed by atoms with Crippen LogP contribution in [0.2, 0.25) is 0 Å². The maximum atomic E-state index is 15.3. The smallest absolute Gasteiger partial charge is 0.341 e. The highest BCUT2D eigenvalue weighted by Gasteiger charge is 2.29. The number of carboxylic acid groups (broad SMARTS) is 1. The van der Waals surface area contributed by atoms with Gasteiger partial charge in [0.15, 0.2) is 16.9 Å². The van der Waals surface area contributed by atoms with E-state index in [0.717, 1.165) is 18.9 Å². The van der Waals surface area contributed by atoms with Gasteiger partial charge in [-0.1, -0.05) is 30.3 Å². The van der Waals surface area contributed by atoms with Gasteiger partial charge >= 0.3 is 5.97 Å². The second kappa shape index (κ2) is 11.5. The van der Waals surface area contributed by atoms with Crippen molar-refractivity contribution in [1.82, 2.24) is 9.47 Å². The Morgan fingerprint density at radius 2 is 1.72 bits per heavy atom. The Bertz CT molecular complexity index is 2120. The van der Waals surface area contributed by atoms with Gasteiger partial charge in [-0.05, 0) is 25.0 Å². The van der Waals surface area contributed by atoms with E-state index in [9.17, 15) is 29.7 Å². The van der Waals surface area contributed by atoms with Crippen molar-refractivity contribution in [2.75, 3.05) is 44.2 Å². The number of anilines is 1. The van der Waals surface area contributed by atoms with Crippen LogP contribution in [0.1, 0.15) is 29.2 Å². The molecule has 0 radical (unpaired) electrons. The molecule has 0 bridgehead atoms. The summed E-state index contributed by atoms with van der Waals surface area (Å²) in [5.41, 5.74) is 0.0808. The van der Waals surface area contributed by atoms with Gasteiger partial charge in [-0.15, -0.1) is 0 Å². The maximum absolute atomic E-state index is 15.3. The molecular weight excluding hydrogens is 597 g/mol. The van der Waals surface area contributed by atoms with Crippen molar-refractivity contribution in [2.24, 2.45) is 0 Å². The first-order valence-corrected chi connectivity index (χ1v) is 15.0. The molecule has 5 aromatic rings. The lowest BCUT2D eigenvalue weighted by Gasteiger charge is -2.36. The van der Waals surface area contributed by atoms with Gasteiger partial charge in [0.1, 0.15) is 34.7 Å². The number of ether oxygens (including phenoxy) is 1. The van der Waals surface area contributed by atoms with Crippen LogP contribution in [0.25, 0.3) is 33.2 Å². The van der Waals surface area contributed by atoms with Crippen LogP contribution in [0.5, 0.6) is 17.2 Å². The van der Waals surface area contributed by atoms with Gasteiger partial charge in [-0.3, -0.25) is 14.5 Å². The third kappa shape index (κ3) is 5.30. The van der Waals surface area contributed by atoms with Crippen LogP contribution < -0.4 is 20.5 Å². The number of piperazine rings is 1. The first-order chi connectivity index (χ1) is 22.2. The second-order valence-corrected chi connectivity index (χ2v) is 11.6. The number of rotatable bonds is 8. The molecule has 1 aliphatic carbocycles. The summed E-state index contributed by atoms with van der Waals surface area (Å²) >= 11 is 0. The number of phenols is 2. The second-order valence-electron chi connectivity index (χ2n) is 11.6. The molecule has 0 amide bonds. The van der Waals surface area contributed by atoms with Crippen LogP contribution >= 0.6 is 0 Å². The first kappa shape index (κ1) is 29.4. The Morgan fingerprint density at radius 1 is 0.978 bits per heavy atom. The molecule has 0 atom stereocenters. The summed E-state index contributed by atoms with van der Waals surface area (Å²) in [5.74, 6) is -2.79. The Kier molecular flexibility index (Phi) is 7.36. The third-order valence-electron chi connectivity index (χ3n) is 8.64. The van der Waals surface area contributed by atoms with E-state index in [1.807, 2.05) is 23.1 Å². The van der Waals surface area contributed by atoms with Crippen molar-refractivity contribution in [3.8, 4) is 28.6 Å². The van der Waals surface area contributed by atoms with E-state index in [0.29, 0.717) is 55.3 Å². The van der Waals surface area contributed by atoms with Gasteiger partial charge in [-0.2, -0.15) is 0 Å². The Hall–Kier alpha value is -5.36. The largest absolute Gasteiger partial charge is 0.504 e. The normalized spacial score (nSPS) is 15.5. The predicted molar refractivity (Wildman–Crippen MR) is 169 cm³/mol. The van der Waals surface area contributed by atoms with Crippen molar-refractivity contribution in [3.63, 3.8) is 0 Å². The number of benzene rings is 3. The summed E-state index contributed by atoms with van der Waals surface area (Å²) in [6.07, 6.45) is 3.10. The highest BCUT2D eigenvalue weighted by molar-refractivity contribution is 5.94. The first-order valence-electron chi connectivity index (χ1n) is 15.0. The standard InChI is InChI=1S/C34H30FN3O8/c35-23-14-21-24(38(20-6-7-20)18-22(31(21)40)34(43)44)15-25(23)37-10-8-36(9-11-37)12-13-45-29-17-28-30(33(42)32(29)41)26(39)16-27(46-28)19-4-2-1-3-5-19/h1-5,14-18,20,41-42H,6-13H2,(H,43,44). The number of aromatic carboxylic acids is 1. The number of pyridine rings is 1. The molecule has 236 valence electrons. The number of hydrogen-bond acceptors (Lipinski definition) is 9. The fourth-order valence-corrected chi connectivity index (χ4v) is 6.03. The molecule has 2 aliphatic rings. The van der Waals surface area contributed by atoms with Gasteiger partial charge in [0.05, 0.1) is 11.2 Å². The highest BCUT2D eigenvalue weighted by atomic mass is 19.1. The molecular formula is C34H30FN3O8. The van der Waals surface area contributed by atoms with Crippen LogP contribution in [0, 0.1) is 5.82 Å². The Morgan fingerprint density at radius 3 is 2.41 bits per heavy atom. The van der Waals surface area contributed by atoms with E-state index in [1.54, 1.807) is 22.8 Å². The molecule has 3 heterocycles. The number of carboxylic acids is 1. The average Bonchev–Trinajstić information content (AvgIpc) is 3.89. The van der Waals surface area contributed by atoms with E-state index < -0.39 is 34.1 Å². The van der Waals surface area contributed by atoms with E-state index >= 15 is 4.39 Å². The SMILES string of the molecule is O=C(O)c1cn(C2CC2)c2cc(N3CCN(CCOc4cc5oc(-c6ccccc6)cc(=O)c5c(O)c4O)CC3)c(F)cc2c1=O. The molecule has 3 aromatic carbocycles. The zero-order valence-corrected chi connectivity index (χ0v) is 24.6. The van der Waals surface area contributed by atoms with Gasteiger partial charge < -0.3 is 33.9 Å². The minimum atomic E-state index is -1.33. The van der Waals surface area contributed by atoms with Crippen molar-refractivity contribution in [2.45, 2.75) is 18.9 Å². The van der Waals surface area contributed by atoms with Crippen LogP contribution in [0.4, 0.5) is 10.1 Å². The molecule has 11 nitrogen and oxygen atoms in total. The molecule has 1 saturated carbocycles. The monoisotopic (exact) mass is 627 g/mol. The number of nitrogens with zero attached hydrogens (tertiary/aromatic N) is 3. The molecule has 7 rings (SSSR count). The van der Waals surface area contributed by atoms with Gasteiger partial charge in [0.25, 0.3) is 0 Å². The minimum absolute atomic E-state index is 0.0250. The van der Waals surface area contributed by atoms with Crippen molar-refractivity contribution < 1.29 is 33.7 Å². The van der Waals surface area contributed by atoms with E-state index in [-0.39, 0.29) is 40.3 Å². The fraction of sp³-hybridized carbons (Fsp3) is 0.265. The van der Waals surface area contributed by atoms with Crippen LogP contribution in [0.15, 0.2) is 74.8 Å². The maximum Gasteiger partial charge on any atom is 0.341 e. The van der Waals surface area contributed by atoms with Gasteiger partial charge in [0.2, 0.25) is 11.2 Å². The van der Waals surface area contributed by atoms with Crippen molar-refractivity contribution in [3.05, 3.63) is 92.6 Å². The lowest BCUT2D eigenvalue weighted by molar-refractivity contribution is 0.0694. The third-order valence-corrected chi connectivity index (χ3v) is 8.64. The fourth-order valence-electron chi connectivity index (χ4n) is 6.03. The van der Waals surface area contributed by atoms with Gasteiger partial charge in [-0.25, -0.2) is 9.18 Å². The van der Waals surface area contributed by atoms with Gasteiger partial charge in [0, 0.05) is 68.0 Å². The molecule has 0 unspecified atom stereocenters. The number of phenolic OH excluding ortho intramolecular Hbond substituents is 2. The molecule has 46 heavy (non-hydrogen) atoms. The minimum Gasteiger partial charge on any atom is -0.504 e. The number of halogens is 1. The number of hydrogen-bond donors (Lipinski definition) is 3. The Balaban J connectivity index is 1.04. The molecule has 1 aliphatic heterocycles. The van der Waals surface area contributed by atoms with Crippen molar-refractivity contribution in [1.29, 1.82) is 0 Å². The lowest BCUT2D eigenvalue weighted by Crippen LogP contribution is -2.47. The average molecular weight is 628 g/mol. The summed E-state index contributed by atoms with van der Waals surface area (Å²) in [7, 11) is 0. The number of aromatic nitrogens is 1. The number of aromatic hydroxyl groups is 2. The zero-order valence-electron chi connectivity index (χ0n) is 24.6. The molecule has 0 spiro atoms. The molecule has 12 heteroatoms. The topological polar surface area (TPSA) is 146 Å². The van der Waals surface area contributed by atoms with Crippen LogP contribution in [-0.4, -0.2) is 70.1 Å². The van der Waals surface area contributed by atoms with Crippen LogP contribution in [-0.2, 0) is 0 Å². The van der Waals surface area contributed by atoms with E-state index in [2.05, 4.69) is 4.90 Å².